The fraction of sp³-hybridized carbons (Fsp3) is 0.211. The molecule has 1 unspecified atom stereocenters. The second kappa shape index (κ2) is 5.88. The van der Waals surface area contributed by atoms with E-state index in [0.717, 1.165) is 22.3 Å². The summed E-state index contributed by atoms with van der Waals surface area (Å²) >= 11 is 0. The third-order valence-corrected chi connectivity index (χ3v) is 3.88. The highest BCUT2D eigenvalue weighted by Crippen LogP contribution is 2.38. The minimum absolute atomic E-state index is 0.106. The molecule has 0 aromatic heterocycles. The number of aryl methyl sites for hydroxylation is 1. The molecule has 3 rings (SSSR count). The Morgan fingerprint density at radius 1 is 1.17 bits per heavy atom. The van der Waals surface area contributed by atoms with E-state index >= 15 is 0 Å². The third-order valence-electron chi connectivity index (χ3n) is 3.88. The van der Waals surface area contributed by atoms with Gasteiger partial charge in [0.15, 0.2) is 0 Å². The molecule has 0 saturated heterocycles. The van der Waals surface area contributed by atoms with E-state index in [0.29, 0.717) is 11.3 Å². The Bertz CT molecular complexity index is 808. The zero-order valence-electron chi connectivity index (χ0n) is 13.2. The van der Waals surface area contributed by atoms with Crippen molar-refractivity contribution in [1.29, 1.82) is 0 Å². The van der Waals surface area contributed by atoms with E-state index in [9.17, 15) is 9.18 Å². The molecule has 0 spiro atoms. The summed E-state index contributed by atoms with van der Waals surface area (Å²) in [6, 6.07) is 9.89. The molecule has 0 radical (unpaired) electrons. The number of ether oxygens (including phenoxy) is 2. The van der Waals surface area contributed by atoms with Crippen molar-refractivity contribution in [1.82, 2.24) is 0 Å². The first-order valence-corrected chi connectivity index (χ1v) is 7.37. The first-order valence-electron chi connectivity index (χ1n) is 7.37. The summed E-state index contributed by atoms with van der Waals surface area (Å²) in [5, 5.41) is 0. The van der Waals surface area contributed by atoms with E-state index in [1.54, 1.807) is 24.3 Å². The first-order chi connectivity index (χ1) is 11.0. The number of carbonyl (C=O) groups excluding carboxylic acids is 1. The summed E-state index contributed by atoms with van der Waals surface area (Å²) in [6.07, 6.45) is 1.87. The van der Waals surface area contributed by atoms with Gasteiger partial charge in [0.05, 0.1) is 12.7 Å². The molecule has 2 aromatic rings. The zero-order chi connectivity index (χ0) is 16.6. The predicted octanol–water partition coefficient (Wildman–Crippen LogP) is 4.13. The van der Waals surface area contributed by atoms with E-state index in [1.807, 2.05) is 19.9 Å². The fourth-order valence-electron chi connectivity index (χ4n) is 2.81. The van der Waals surface area contributed by atoms with Crippen LogP contribution in [0.25, 0.3) is 5.57 Å². The van der Waals surface area contributed by atoms with Crippen LogP contribution in [0.2, 0.25) is 0 Å². The van der Waals surface area contributed by atoms with E-state index in [1.165, 1.54) is 19.2 Å². The van der Waals surface area contributed by atoms with Gasteiger partial charge in [-0.3, -0.25) is 0 Å². The number of rotatable bonds is 2. The van der Waals surface area contributed by atoms with Crippen LogP contribution in [0, 0.1) is 12.7 Å². The van der Waals surface area contributed by atoms with Gasteiger partial charge in [0.2, 0.25) is 0 Å². The number of methoxy groups -OCH3 is 1. The largest absolute Gasteiger partial charge is 0.486 e. The Labute approximate surface area is 134 Å². The molecule has 3 nitrogen and oxygen atoms in total. The molecule has 0 amide bonds. The van der Waals surface area contributed by atoms with Crippen molar-refractivity contribution in [2.45, 2.75) is 20.0 Å². The van der Waals surface area contributed by atoms with Crippen molar-refractivity contribution in [3.05, 3.63) is 70.5 Å². The first kappa shape index (κ1) is 15.3. The number of hydrogen-bond acceptors (Lipinski definition) is 3. The van der Waals surface area contributed by atoms with Crippen LogP contribution in [0.3, 0.4) is 0 Å². The van der Waals surface area contributed by atoms with Gasteiger partial charge in [-0.05, 0) is 67.0 Å². The van der Waals surface area contributed by atoms with Crippen LogP contribution in [0.1, 0.15) is 34.0 Å². The standard InChI is InChI=1S/C19H17FO3/c1-11-8-14(20)5-6-15(11)16-9-12(2)23-18-7-4-13(10-17(16)18)19(21)22-3/h4-10,12H,1-3H3. The number of hydrogen-bond donors (Lipinski definition) is 0. The minimum atomic E-state index is -0.401. The van der Waals surface area contributed by atoms with Crippen molar-refractivity contribution in [2.75, 3.05) is 7.11 Å². The molecule has 1 atom stereocenters. The van der Waals surface area contributed by atoms with Gasteiger partial charge in [-0.25, -0.2) is 9.18 Å². The number of fused-ring (bicyclic) bond motifs is 1. The normalized spacial score (nSPS) is 16.2. The summed E-state index contributed by atoms with van der Waals surface area (Å²) in [5.41, 5.74) is 3.95. The van der Waals surface area contributed by atoms with Crippen molar-refractivity contribution in [3.8, 4) is 5.75 Å². The van der Waals surface area contributed by atoms with Gasteiger partial charge in [0, 0.05) is 5.56 Å². The predicted molar refractivity (Wildman–Crippen MR) is 86.1 cm³/mol. The number of halogens is 1. The molecule has 4 heteroatoms. The Kier molecular flexibility index (Phi) is 3.90. The molecule has 23 heavy (non-hydrogen) atoms. The fourth-order valence-corrected chi connectivity index (χ4v) is 2.81. The second-order valence-corrected chi connectivity index (χ2v) is 5.57. The maximum absolute atomic E-state index is 13.4. The van der Waals surface area contributed by atoms with E-state index in [4.69, 9.17) is 9.47 Å². The monoisotopic (exact) mass is 312 g/mol. The van der Waals surface area contributed by atoms with Crippen molar-refractivity contribution in [3.63, 3.8) is 0 Å². The van der Waals surface area contributed by atoms with Crippen LogP contribution in [0.5, 0.6) is 5.75 Å². The highest BCUT2D eigenvalue weighted by atomic mass is 19.1. The SMILES string of the molecule is COC(=O)c1ccc2c(c1)C(c1ccc(F)cc1C)=CC(C)O2. The molecule has 1 aliphatic heterocycles. The zero-order valence-corrected chi connectivity index (χ0v) is 13.2. The Balaban J connectivity index is 2.16. The van der Waals surface area contributed by atoms with Gasteiger partial charge >= 0.3 is 5.97 Å². The van der Waals surface area contributed by atoms with Gasteiger partial charge in [0.25, 0.3) is 0 Å². The number of esters is 1. The molecule has 0 saturated carbocycles. The highest BCUT2D eigenvalue weighted by molar-refractivity contribution is 5.93. The summed E-state index contributed by atoms with van der Waals surface area (Å²) < 4.78 is 24.0. The summed E-state index contributed by atoms with van der Waals surface area (Å²) in [7, 11) is 1.35. The van der Waals surface area contributed by atoms with Crippen molar-refractivity contribution in [2.24, 2.45) is 0 Å². The average molecular weight is 312 g/mol. The molecule has 1 aliphatic rings. The van der Waals surface area contributed by atoms with Gasteiger partial charge in [-0.1, -0.05) is 6.07 Å². The lowest BCUT2D eigenvalue weighted by molar-refractivity contribution is 0.0600. The molecular weight excluding hydrogens is 295 g/mol. The molecule has 118 valence electrons. The Morgan fingerprint density at radius 3 is 2.65 bits per heavy atom. The Hall–Kier alpha value is -2.62. The molecule has 2 aromatic carbocycles. The quantitative estimate of drug-likeness (QED) is 0.782. The van der Waals surface area contributed by atoms with Crippen LogP contribution in [0.4, 0.5) is 4.39 Å². The lowest BCUT2D eigenvalue weighted by atomic mass is 9.90. The molecule has 0 aliphatic carbocycles. The Morgan fingerprint density at radius 2 is 1.96 bits per heavy atom. The van der Waals surface area contributed by atoms with Gasteiger partial charge in [-0.15, -0.1) is 0 Å². The van der Waals surface area contributed by atoms with Crippen molar-refractivity contribution >= 4 is 11.5 Å². The topological polar surface area (TPSA) is 35.5 Å². The molecular formula is C19H17FO3. The lowest BCUT2D eigenvalue weighted by Gasteiger charge is -2.25. The maximum Gasteiger partial charge on any atom is 0.337 e. The van der Waals surface area contributed by atoms with Crippen LogP contribution >= 0.6 is 0 Å². The van der Waals surface area contributed by atoms with Crippen LogP contribution in [-0.4, -0.2) is 19.2 Å². The van der Waals surface area contributed by atoms with Crippen molar-refractivity contribution < 1.29 is 18.7 Å². The van der Waals surface area contributed by atoms with E-state index in [-0.39, 0.29) is 11.9 Å². The number of carbonyl (C=O) groups is 1. The summed E-state index contributed by atoms with van der Waals surface area (Å²) in [4.78, 5) is 11.8. The highest BCUT2D eigenvalue weighted by Gasteiger charge is 2.22. The van der Waals surface area contributed by atoms with Crippen LogP contribution in [-0.2, 0) is 4.74 Å². The number of benzene rings is 2. The summed E-state index contributed by atoms with van der Waals surface area (Å²) in [6.45, 7) is 3.80. The van der Waals surface area contributed by atoms with Gasteiger partial charge in [0.1, 0.15) is 17.7 Å². The molecule has 0 N–H and O–H groups in total. The van der Waals surface area contributed by atoms with E-state index in [2.05, 4.69) is 0 Å². The van der Waals surface area contributed by atoms with Crippen LogP contribution in [0.15, 0.2) is 42.5 Å². The maximum atomic E-state index is 13.4. The van der Waals surface area contributed by atoms with Gasteiger partial charge < -0.3 is 9.47 Å². The lowest BCUT2D eigenvalue weighted by Crippen LogP contribution is -2.16. The summed E-state index contributed by atoms with van der Waals surface area (Å²) in [5.74, 6) is 0.0310. The average Bonchev–Trinajstić information content (AvgIpc) is 2.53. The van der Waals surface area contributed by atoms with E-state index < -0.39 is 5.97 Å². The second-order valence-electron chi connectivity index (χ2n) is 5.57. The minimum Gasteiger partial charge on any atom is -0.486 e. The van der Waals surface area contributed by atoms with Gasteiger partial charge in [-0.2, -0.15) is 0 Å². The third kappa shape index (κ3) is 2.84. The van der Waals surface area contributed by atoms with Crippen LogP contribution < -0.4 is 4.74 Å². The molecule has 0 bridgehead atoms. The molecule has 1 heterocycles. The molecule has 0 fully saturated rings. The smallest absolute Gasteiger partial charge is 0.337 e.